The van der Waals surface area contributed by atoms with Crippen LogP contribution in [0.3, 0.4) is 0 Å². The van der Waals surface area contributed by atoms with Crippen LogP contribution in [0.5, 0.6) is 0 Å². The molecule has 0 aliphatic carbocycles. The van der Waals surface area contributed by atoms with E-state index in [2.05, 4.69) is 41.5 Å². The predicted octanol–water partition coefficient (Wildman–Crippen LogP) is 23.5. The Labute approximate surface area is 600 Å². The Bertz CT molecular complexity index is 1890. The molecule has 3 unspecified atom stereocenters. The molecule has 582 valence electrons. The van der Waals surface area contributed by atoms with E-state index >= 15 is 0 Å². The molecule has 0 aromatic heterocycles. The minimum atomic E-state index is -4.96. The van der Waals surface area contributed by atoms with E-state index in [1.54, 1.807) is 0 Å². The maximum absolute atomic E-state index is 13.1. The average molecular weight is 1440 g/mol. The average Bonchev–Trinajstić information content (AvgIpc) is 1.18. The second kappa shape index (κ2) is 70.7. The summed E-state index contributed by atoms with van der Waals surface area (Å²) >= 11 is 0. The van der Waals surface area contributed by atoms with Gasteiger partial charge in [-0.15, -0.1) is 0 Å². The number of aliphatic hydroxyl groups excluding tert-OH is 1. The van der Waals surface area contributed by atoms with Gasteiger partial charge in [-0.2, -0.15) is 0 Å². The Balaban J connectivity index is 5.23. The second-order valence-corrected chi connectivity index (χ2v) is 32.1. The molecule has 0 aromatic carbocycles. The molecule has 6 atom stereocenters. The SMILES string of the molecule is CCCCCCCCCCCCCCCCCCCCC(=O)O[C@H](COC(=O)CCCCCCCCCCCCCCCCC(C)C)COP(=O)(O)OC[C@@H](O)COP(=O)(O)OC[C@@H](COC(=O)CCCCCCCCCCC)OC(=O)CCCCCCCCCCCCC(C)CC. The fourth-order valence-corrected chi connectivity index (χ4v) is 13.7. The van der Waals surface area contributed by atoms with Gasteiger partial charge in [0.15, 0.2) is 12.2 Å². The first kappa shape index (κ1) is 96.1. The third-order valence-corrected chi connectivity index (χ3v) is 20.7. The van der Waals surface area contributed by atoms with Gasteiger partial charge in [-0.05, 0) is 37.5 Å². The Kier molecular flexibility index (Phi) is 69.3. The van der Waals surface area contributed by atoms with Crippen LogP contribution in [0.1, 0.15) is 414 Å². The van der Waals surface area contributed by atoms with E-state index in [4.69, 9.17) is 37.0 Å². The van der Waals surface area contributed by atoms with Gasteiger partial charge in [0.1, 0.15) is 19.3 Å². The van der Waals surface area contributed by atoms with Gasteiger partial charge in [0.2, 0.25) is 0 Å². The lowest BCUT2D eigenvalue weighted by atomic mass is 9.99. The maximum atomic E-state index is 13.1. The minimum absolute atomic E-state index is 0.106. The number of phosphoric acid groups is 2. The van der Waals surface area contributed by atoms with Gasteiger partial charge in [-0.25, -0.2) is 9.13 Å². The van der Waals surface area contributed by atoms with Gasteiger partial charge < -0.3 is 33.8 Å². The molecule has 0 aromatic rings. The van der Waals surface area contributed by atoms with Crippen LogP contribution in [0.4, 0.5) is 0 Å². The monoisotopic (exact) mass is 1440 g/mol. The van der Waals surface area contributed by atoms with Crippen LogP contribution < -0.4 is 0 Å². The van der Waals surface area contributed by atoms with Gasteiger partial charge in [-0.1, -0.05) is 363 Å². The first-order valence-electron chi connectivity index (χ1n) is 41.0. The number of unbranched alkanes of at least 4 members (excludes halogenated alkanes) is 47. The van der Waals surface area contributed by atoms with Crippen molar-refractivity contribution in [2.45, 2.75) is 432 Å². The van der Waals surface area contributed by atoms with Crippen molar-refractivity contribution in [1.29, 1.82) is 0 Å². The molecule has 0 amide bonds. The summed E-state index contributed by atoms with van der Waals surface area (Å²) < 4.78 is 68.6. The first-order chi connectivity index (χ1) is 47.4. The van der Waals surface area contributed by atoms with Crippen LogP contribution in [0.15, 0.2) is 0 Å². The Morgan fingerprint density at radius 3 is 0.776 bits per heavy atom. The largest absolute Gasteiger partial charge is 0.472 e. The van der Waals surface area contributed by atoms with Crippen LogP contribution in [0.2, 0.25) is 0 Å². The molecule has 0 aliphatic heterocycles. The van der Waals surface area contributed by atoms with E-state index in [1.165, 1.54) is 231 Å². The summed E-state index contributed by atoms with van der Waals surface area (Å²) in [6.45, 7) is 9.66. The summed E-state index contributed by atoms with van der Waals surface area (Å²) in [6, 6.07) is 0. The highest BCUT2D eigenvalue weighted by molar-refractivity contribution is 7.47. The van der Waals surface area contributed by atoms with Gasteiger partial charge in [-0.3, -0.25) is 37.3 Å². The zero-order valence-corrected chi connectivity index (χ0v) is 65.9. The van der Waals surface area contributed by atoms with Crippen LogP contribution in [-0.4, -0.2) is 96.7 Å². The highest BCUT2D eigenvalue weighted by Crippen LogP contribution is 2.45. The lowest BCUT2D eigenvalue weighted by molar-refractivity contribution is -0.161. The molecular weight excluding hydrogens is 1280 g/mol. The van der Waals surface area contributed by atoms with E-state index in [0.29, 0.717) is 25.7 Å². The highest BCUT2D eigenvalue weighted by Gasteiger charge is 2.30. The van der Waals surface area contributed by atoms with E-state index in [0.717, 1.165) is 102 Å². The quantitative estimate of drug-likeness (QED) is 0.0222. The Morgan fingerprint density at radius 1 is 0.296 bits per heavy atom. The molecule has 0 bridgehead atoms. The zero-order valence-electron chi connectivity index (χ0n) is 64.1. The Morgan fingerprint density at radius 2 is 0.520 bits per heavy atom. The second-order valence-electron chi connectivity index (χ2n) is 29.2. The van der Waals surface area contributed by atoms with Crippen molar-refractivity contribution >= 4 is 39.5 Å². The minimum Gasteiger partial charge on any atom is -0.462 e. The molecule has 0 spiro atoms. The standard InChI is InChI=1S/C79H154O17P2/c1-7-10-12-14-16-18-19-20-21-22-23-24-29-32-39-45-51-57-63-78(83)95-75(68-90-77(82)62-56-50-44-38-31-28-26-25-27-30-36-41-47-53-59-71(4)5)70-94-98(87,88)92-66-73(80)65-91-97(85,86)93-69-74(67-89-76(81)61-55-49-43-35-17-15-13-11-8-2)96-79(84)64-58-52-46-40-34-33-37-42-48-54-60-72(6)9-3/h71-75,80H,7-70H2,1-6H3,(H,85,86)(H,87,88)/t72?,73-,74+,75+/m0/s1. The van der Waals surface area contributed by atoms with Crippen molar-refractivity contribution in [3.63, 3.8) is 0 Å². The normalized spacial score (nSPS) is 14.2. The topological polar surface area (TPSA) is 237 Å². The number of hydrogen-bond donors (Lipinski definition) is 3. The predicted molar refractivity (Wildman–Crippen MR) is 400 cm³/mol. The van der Waals surface area contributed by atoms with E-state index in [9.17, 15) is 43.2 Å². The lowest BCUT2D eigenvalue weighted by Gasteiger charge is -2.21. The summed E-state index contributed by atoms with van der Waals surface area (Å²) in [5, 5.41) is 10.6. The summed E-state index contributed by atoms with van der Waals surface area (Å²) in [6.07, 6.45) is 59.6. The van der Waals surface area contributed by atoms with Crippen molar-refractivity contribution in [2.75, 3.05) is 39.6 Å². The summed E-state index contributed by atoms with van der Waals surface area (Å²) in [5.74, 6) is -0.509. The van der Waals surface area contributed by atoms with Crippen molar-refractivity contribution in [2.24, 2.45) is 11.8 Å². The van der Waals surface area contributed by atoms with Crippen molar-refractivity contribution in [3.8, 4) is 0 Å². The molecule has 0 radical (unpaired) electrons. The number of esters is 4. The molecule has 0 heterocycles. The van der Waals surface area contributed by atoms with Gasteiger partial charge in [0.25, 0.3) is 0 Å². The molecule has 0 fully saturated rings. The lowest BCUT2D eigenvalue weighted by Crippen LogP contribution is -2.30. The number of hydrogen-bond acceptors (Lipinski definition) is 15. The number of aliphatic hydroxyl groups is 1. The third-order valence-electron chi connectivity index (χ3n) is 18.8. The van der Waals surface area contributed by atoms with Gasteiger partial charge in [0.05, 0.1) is 26.4 Å². The molecule has 0 saturated heterocycles. The molecule has 17 nitrogen and oxygen atoms in total. The first-order valence-corrected chi connectivity index (χ1v) is 44.0. The molecular formula is C79H154O17P2. The number of carbonyl (C=O) groups is 4. The van der Waals surface area contributed by atoms with Crippen LogP contribution in [0, 0.1) is 11.8 Å². The fraction of sp³-hybridized carbons (Fsp3) is 0.949. The van der Waals surface area contributed by atoms with E-state index in [-0.39, 0.29) is 25.7 Å². The van der Waals surface area contributed by atoms with Gasteiger partial charge >= 0.3 is 39.5 Å². The van der Waals surface area contributed by atoms with Gasteiger partial charge in [0, 0.05) is 25.7 Å². The Hall–Kier alpha value is -1.94. The molecule has 3 N–H and O–H groups in total. The number of carbonyl (C=O) groups excluding carboxylic acids is 4. The molecule has 19 heteroatoms. The number of ether oxygens (including phenoxy) is 4. The van der Waals surface area contributed by atoms with Crippen LogP contribution in [0.25, 0.3) is 0 Å². The van der Waals surface area contributed by atoms with E-state index in [1.807, 2.05) is 0 Å². The van der Waals surface area contributed by atoms with E-state index < -0.39 is 97.5 Å². The fourth-order valence-electron chi connectivity index (χ4n) is 12.2. The van der Waals surface area contributed by atoms with Crippen molar-refractivity contribution in [3.05, 3.63) is 0 Å². The third kappa shape index (κ3) is 71.1. The molecule has 0 saturated carbocycles. The maximum Gasteiger partial charge on any atom is 0.472 e. The molecule has 98 heavy (non-hydrogen) atoms. The zero-order chi connectivity index (χ0) is 72.1. The molecule has 0 rings (SSSR count). The number of rotatable bonds is 78. The van der Waals surface area contributed by atoms with Crippen LogP contribution in [-0.2, 0) is 65.4 Å². The van der Waals surface area contributed by atoms with Crippen molar-refractivity contribution < 1.29 is 80.2 Å². The highest BCUT2D eigenvalue weighted by atomic mass is 31.2. The van der Waals surface area contributed by atoms with Crippen LogP contribution >= 0.6 is 15.6 Å². The van der Waals surface area contributed by atoms with Crippen molar-refractivity contribution in [1.82, 2.24) is 0 Å². The molecule has 0 aliphatic rings. The summed E-state index contributed by atoms with van der Waals surface area (Å²) in [5.41, 5.74) is 0. The summed E-state index contributed by atoms with van der Waals surface area (Å²) in [7, 11) is -9.91. The summed E-state index contributed by atoms with van der Waals surface area (Å²) in [4.78, 5) is 72.9. The smallest absolute Gasteiger partial charge is 0.462 e. The number of phosphoric ester groups is 2.